The number of ether oxygens (including phenoxy) is 3. The summed E-state index contributed by atoms with van der Waals surface area (Å²) in [4.78, 5) is 25.5. The van der Waals surface area contributed by atoms with E-state index < -0.39 is 11.4 Å². The van der Waals surface area contributed by atoms with E-state index in [9.17, 15) is 14.7 Å². The Labute approximate surface area is 210 Å². The van der Waals surface area contributed by atoms with Gasteiger partial charge in [-0.15, -0.1) is 0 Å². The number of benzene rings is 3. The molecule has 7 heteroatoms. The van der Waals surface area contributed by atoms with E-state index in [-0.39, 0.29) is 18.3 Å². The first-order valence-corrected chi connectivity index (χ1v) is 12.1. The molecule has 3 aromatic rings. The van der Waals surface area contributed by atoms with Gasteiger partial charge in [-0.3, -0.25) is 4.79 Å². The number of anilines is 1. The number of nitrogens with one attached hydrogen (secondary N) is 1. The molecule has 2 aliphatic rings. The summed E-state index contributed by atoms with van der Waals surface area (Å²) < 4.78 is 16.3. The number of amides is 1. The molecule has 186 valence electrons. The number of aromatic carboxylic acids is 1. The molecule has 7 nitrogen and oxygen atoms in total. The number of hydrogen-bond acceptors (Lipinski definition) is 5. The topological polar surface area (TPSA) is 94.1 Å². The van der Waals surface area contributed by atoms with Crippen molar-refractivity contribution in [3.05, 3.63) is 70.8 Å². The van der Waals surface area contributed by atoms with E-state index in [1.54, 1.807) is 6.07 Å². The average Bonchev–Trinajstić information content (AvgIpc) is 3.56. The summed E-state index contributed by atoms with van der Waals surface area (Å²) in [5.74, 6) is 0.790. The quantitative estimate of drug-likeness (QED) is 0.422. The van der Waals surface area contributed by atoms with Crippen molar-refractivity contribution in [2.75, 3.05) is 19.2 Å². The molecule has 0 bridgehead atoms. The van der Waals surface area contributed by atoms with Crippen LogP contribution in [-0.2, 0) is 16.6 Å². The molecule has 1 aliphatic carbocycles. The summed E-state index contributed by atoms with van der Waals surface area (Å²) in [6.07, 6.45) is 2.93. The molecule has 1 fully saturated rings. The lowest BCUT2D eigenvalue weighted by molar-refractivity contribution is -0.118. The Bertz CT molecular complexity index is 1360. The van der Waals surface area contributed by atoms with Crippen LogP contribution in [0.3, 0.4) is 0 Å². The van der Waals surface area contributed by atoms with Gasteiger partial charge in [-0.2, -0.15) is 0 Å². The molecule has 1 amide bonds. The standard InChI is InChI=1S/C29H29NO6/c1-4-5-21-23(14-20(34-3)15-24(21)27(31)32)22-13-19(8-6-17(22)2)30-28(33)29(10-11-29)18-7-9-25-26(12-18)36-16-35-25/h6-9,12-15H,4-5,10-11,16H2,1-3H3,(H,30,33)(H,31,32). The van der Waals surface area contributed by atoms with Crippen molar-refractivity contribution >= 4 is 17.6 Å². The number of aryl methyl sites for hydroxylation is 1. The van der Waals surface area contributed by atoms with Crippen molar-refractivity contribution in [2.24, 2.45) is 0 Å². The first-order valence-electron chi connectivity index (χ1n) is 12.1. The highest BCUT2D eigenvalue weighted by Crippen LogP contribution is 2.51. The minimum absolute atomic E-state index is 0.0678. The van der Waals surface area contributed by atoms with Crippen molar-refractivity contribution in [1.82, 2.24) is 0 Å². The summed E-state index contributed by atoms with van der Waals surface area (Å²) in [7, 11) is 1.53. The Morgan fingerprint density at radius 2 is 1.81 bits per heavy atom. The number of carbonyl (C=O) groups is 2. The predicted molar refractivity (Wildman–Crippen MR) is 136 cm³/mol. The van der Waals surface area contributed by atoms with Crippen molar-refractivity contribution in [1.29, 1.82) is 0 Å². The van der Waals surface area contributed by atoms with E-state index in [2.05, 4.69) is 5.32 Å². The van der Waals surface area contributed by atoms with Crippen molar-refractivity contribution < 1.29 is 28.9 Å². The van der Waals surface area contributed by atoms with E-state index in [1.165, 1.54) is 7.11 Å². The van der Waals surface area contributed by atoms with Gasteiger partial charge in [0.15, 0.2) is 11.5 Å². The molecule has 1 saturated carbocycles. The van der Waals surface area contributed by atoms with Crippen LogP contribution in [0.5, 0.6) is 17.2 Å². The van der Waals surface area contributed by atoms with E-state index >= 15 is 0 Å². The lowest BCUT2D eigenvalue weighted by Gasteiger charge is -2.19. The van der Waals surface area contributed by atoms with Gasteiger partial charge >= 0.3 is 5.97 Å². The van der Waals surface area contributed by atoms with Gasteiger partial charge in [-0.1, -0.05) is 25.5 Å². The summed E-state index contributed by atoms with van der Waals surface area (Å²) in [5.41, 5.74) is 4.63. The first-order chi connectivity index (χ1) is 17.4. The van der Waals surface area contributed by atoms with Crippen LogP contribution in [0.25, 0.3) is 11.1 Å². The maximum Gasteiger partial charge on any atom is 0.336 e. The minimum atomic E-state index is -0.986. The van der Waals surface area contributed by atoms with Crippen LogP contribution < -0.4 is 19.5 Å². The van der Waals surface area contributed by atoms with Crippen molar-refractivity contribution in [3.63, 3.8) is 0 Å². The first kappa shape index (κ1) is 23.7. The van der Waals surface area contributed by atoms with Crippen LogP contribution in [-0.4, -0.2) is 30.9 Å². The molecule has 2 N–H and O–H groups in total. The summed E-state index contributed by atoms with van der Waals surface area (Å²) in [5, 5.41) is 13.0. The van der Waals surface area contributed by atoms with E-state index in [0.29, 0.717) is 29.4 Å². The third-order valence-electron chi connectivity index (χ3n) is 7.08. The van der Waals surface area contributed by atoms with Crippen molar-refractivity contribution in [3.8, 4) is 28.4 Å². The number of methoxy groups -OCH3 is 1. The lowest BCUT2D eigenvalue weighted by atomic mass is 9.89. The molecule has 0 aromatic heterocycles. The van der Waals surface area contributed by atoms with Crippen LogP contribution in [0.1, 0.15) is 53.2 Å². The third-order valence-corrected chi connectivity index (χ3v) is 7.08. The Balaban J connectivity index is 1.49. The summed E-state index contributed by atoms with van der Waals surface area (Å²) in [6, 6.07) is 14.9. The molecule has 5 rings (SSSR count). The molecule has 1 heterocycles. The summed E-state index contributed by atoms with van der Waals surface area (Å²) in [6.45, 7) is 4.19. The smallest absolute Gasteiger partial charge is 0.336 e. The van der Waals surface area contributed by atoms with Gasteiger partial charge in [0.2, 0.25) is 12.7 Å². The van der Waals surface area contributed by atoms with Crippen LogP contribution in [0.4, 0.5) is 5.69 Å². The fourth-order valence-corrected chi connectivity index (χ4v) is 4.92. The maximum absolute atomic E-state index is 13.5. The van der Waals surface area contributed by atoms with E-state index in [4.69, 9.17) is 14.2 Å². The molecular weight excluding hydrogens is 458 g/mol. The normalized spacial score (nSPS) is 14.9. The van der Waals surface area contributed by atoms with Crippen molar-refractivity contribution in [2.45, 2.75) is 44.9 Å². The zero-order valence-electron chi connectivity index (χ0n) is 20.6. The average molecular weight is 488 g/mol. The Morgan fingerprint density at radius 1 is 1.03 bits per heavy atom. The molecule has 0 atom stereocenters. The molecule has 0 saturated heterocycles. The molecule has 0 unspecified atom stereocenters. The molecule has 3 aromatic carbocycles. The van der Waals surface area contributed by atoms with E-state index in [0.717, 1.165) is 47.1 Å². The summed E-state index contributed by atoms with van der Waals surface area (Å²) >= 11 is 0. The molecule has 36 heavy (non-hydrogen) atoms. The number of carbonyl (C=O) groups excluding carboxylic acids is 1. The SMILES string of the molecule is CCCc1c(C(=O)O)cc(OC)cc1-c1cc(NC(=O)C2(c3ccc4c(c3)OCO4)CC2)ccc1C. The second-order valence-corrected chi connectivity index (χ2v) is 9.39. The van der Waals surface area contributed by atoms with Gasteiger partial charge < -0.3 is 24.6 Å². The second kappa shape index (κ2) is 9.22. The number of fused-ring (bicyclic) bond motifs is 1. The fourth-order valence-electron chi connectivity index (χ4n) is 4.92. The highest BCUT2D eigenvalue weighted by atomic mass is 16.7. The van der Waals surface area contributed by atoms with Gasteiger partial charge in [0.05, 0.1) is 18.1 Å². The number of rotatable bonds is 8. The van der Waals surface area contributed by atoms with Gasteiger partial charge in [0.1, 0.15) is 5.75 Å². The zero-order chi connectivity index (χ0) is 25.4. The zero-order valence-corrected chi connectivity index (χ0v) is 20.6. The van der Waals surface area contributed by atoms with Crippen LogP contribution >= 0.6 is 0 Å². The van der Waals surface area contributed by atoms with Crippen LogP contribution in [0.15, 0.2) is 48.5 Å². The molecular formula is C29H29NO6. The highest BCUT2D eigenvalue weighted by Gasteiger charge is 2.51. The number of carboxylic acids is 1. The second-order valence-electron chi connectivity index (χ2n) is 9.39. The van der Waals surface area contributed by atoms with Gasteiger partial charge in [-0.25, -0.2) is 4.79 Å². The largest absolute Gasteiger partial charge is 0.497 e. The number of carboxylic acid groups (broad SMARTS) is 1. The predicted octanol–water partition coefficient (Wildman–Crippen LogP) is 5.72. The Morgan fingerprint density at radius 3 is 2.50 bits per heavy atom. The monoisotopic (exact) mass is 487 g/mol. The Hall–Kier alpha value is -4.00. The van der Waals surface area contributed by atoms with Gasteiger partial charge in [-0.05, 0) is 90.4 Å². The minimum Gasteiger partial charge on any atom is -0.497 e. The molecule has 0 radical (unpaired) electrons. The van der Waals surface area contributed by atoms with Crippen LogP contribution in [0.2, 0.25) is 0 Å². The highest BCUT2D eigenvalue weighted by molar-refractivity contribution is 6.02. The molecule has 0 spiro atoms. The third kappa shape index (κ3) is 4.15. The van der Waals surface area contributed by atoms with E-state index in [1.807, 2.05) is 56.3 Å². The van der Waals surface area contributed by atoms with Crippen LogP contribution in [0, 0.1) is 6.92 Å². The molecule has 1 aliphatic heterocycles. The maximum atomic E-state index is 13.5. The fraction of sp³-hybridized carbons (Fsp3) is 0.310. The van der Waals surface area contributed by atoms with Gasteiger partial charge in [0.25, 0.3) is 0 Å². The van der Waals surface area contributed by atoms with Gasteiger partial charge in [0, 0.05) is 5.69 Å². The Kier molecular flexibility index (Phi) is 6.08. The lowest BCUT2D eigenvalue weighted by Crippen LogP contribution is -2.27. The number of hydrogen-bond donors (Lipinski definition) is 2.